The lowest BCUT2D eigenvalue weighted by Gasteiger charge is -2.06. The second-order valence-electron chi connectivity index (χ2n) is 1.69. The molecule has 1 atom stereocenters. The first-order valence-electron chi connectivity index (χ1n) is 2.76. The number of nitrogens with one attached hydrogen (secondary N) is 1. The molecule has 0 aromatic rings. The van der Waals surface area contributed by atoms with Crippen molar-refractivity contribution in [1.29, 1.82) is 0 Å². The molecule has 0 spiro atoms. The van der Waals surface area contributed by atoms with Crippen LogP contribution in [0.2, 0.25) is 0 Å². The van der Waals surface area contributed by atoms with Crippen molar-refractivity contribution in [1.82, 2.24) is 5.32 Å². The van der Waals surface area contributed by atoms with Gasteiger partial charge in [-0.2, -0.15) is 0 Å². The van der Waals surface area contributed by atoms with Crippen molar-refractivity contribution in [2.75, 3.05) is 0 Å². The van der Waals surface area contributed by atoms with E-state index >= 15 is 0 Å². The van der Waals surface area contributed by atoms with Gasteiger partial charge in [0.05, 0.1) is 6.04 Å². The summed E-state index contributed by atoms with van der Waals surface area (Å²) in [6, 6.07) is -0.463. The van der Waals surface area contributed by atoms with E-state index in [0.717, 1.165) is 0 Å². The Hall–Kier alpha value is -1.32. The molecule has 0 aliphatic heterocycles. The number of amides is 1. The monoisotopic (exact) mass is 143 g/mol. The molecule has 4 heteroatoms. The van der Waals surface area contributed by atoms with Crippen LogP contribution in [0.5, 0.6) is 0 Å². The normalized spacial score (nSPS) is 11.6. The molecular weight excluding hydrogens is 134 g/mol. The molecule has 0 rings (SSSR count). The van der Waals surface area contributed by atoms with E-state index < -0.39 is 12.1 Å². The summed E-state index contributed by atoms with van der Waals surface area (Å²) >= 11 is 0. The van der Waals surface area contributed by atoms with Crippen molar-refractivity contribution in [2.45, 2.75) is 12.5 Å². The first kappa shape index (κ1) is 8.68. The van der Waals surface area contributed by atoms with Crippen LogP contribution in [0.15, 0.2) is 12.7 Å². The second-order valence-corrected chi connectivity index (χ2v) is 1.69. The van der Waals surface area contributed by atoms with Crippen LogP contribution < -0.4 is 5.32 Å². The Bertz CT molecular complexity index is 144. The van der Waals surface area contributed by atoms with Gasteiger partial charge in [0.25, 0.3) is 0 Å². The van der Waals surface area contributed by atoms with Gasteiger partial charge in [0, 0.05) is 6.42 Å². The molecule has 1 amide bonds. The molecule has 0 aromatic carbocycles. The minimum atomic E-state index is -1.15. The fourth-order valence-corrected chi connectivity index (χ4v) is 0.476. The summed E-state index contributed by atoms with van der Waals surface area (Å²) in [5.74, 6) is 0. The Morgan fingerprint density at radius 3 is 2.70 bits per heavy atom. The van der Waals surface area contributed by atoms with Gasteiger partial charge in [0.15, 0.2) is 0 Å². The van der Waals surface area contributed by atoms with E-state index in [1.165, 1.54) is 6.08 Å². The predicted molar refractivity (Wildman–Crippen MR) is 35.8 cm³/mol. The van der Waals surface area contributed by atoms with Crippen LogP contribution in [0.25, 0.3) is 0 Å². The molecule has 4 nitrogen and oxygen atoms in total. The highest BCUT2D eigenvalue weighted by atomic mass is 16.4. The quantitative estimate of drug-likeness (QED) is 0.442. The maximum atomic E-state index is 9.97. The highest BCUT2D eigenvalue weighted by molar-refractivity contribution is 5.66. The molecule has 2 N–H and O–H groups in total. The lowest BCUT2D eigenvalue weighted by atomic mass is 10.2. The van der Waals surface area contributed by atoms with Crippen molar-refractivity contribution in [3.8, 4) is 0 Å². The number of aldehydes is 1. The molecule has 0 bridgehead atoms. The summed E-state index contributed by atoms with van der Waals surface area (Å²) in [7, 11) is 0. The van der Waals surface area contributed by atoms with Crippen LogP contribution in [-0.2, 0) is 4.79 Å². The van der Waals surface area contributed by atoms with Crippen molar-refractivity contribution >= 4 is 12.4 Å². The van der Waals surface area contributed by atoms with Gasteiger partial charge in [-0.3, -0.25) is 0 Å². The van der Waals surface area contributed by atoms with Crippen LogP contribution in [0.3, 0.4) is 0 Å². The average molecular weight is 143 g/mol. The summed E-state index contributed by atoms with van der Waals surface area (Å²) in [5, 5.41) is 10.3. The molecule has 0 aromatic heterocycles. The Kier molecular flexibility index (Phi) is 3.95. The molecule has 10 heavy (non-hydrogen) atoms. The SMILES string of the molecule is C=CC(CC=O)NC(=O)O. The third kappa shape index (κ3) is 3.65. The highest BCUT2D eigenvalue weighted by Crippen LogP contribution is 1.88. The molecule has 0 aliphatic carbocycles. The number of rotatable bonds is 4. The van der Waals surface area contributed by atoms with Crippen LogP contribution in [-0.4, -0.2) is 23.5 Å². The van der Waals surface area contributed by atoms with Crippen LogP contribution in [0, 0.1) is 0 Å². The number of hydrogen-bond donors (Lipinski definition) is 2. The van der Waals surface area contributed by atoms with E-state index in [2.05, 4.69) is 11.9 Å². The van der Waals surface area contributed by atoms with Gasteiger partial charge >= 0.3 is 6.09 Å². The molecule has 0 fully saturated rings. The molecular formula is C6H9NO3. The van der Waals surface area contributed by atoms with Gasteiger partial charge in [-0.1, -0.05) is 6.08 Å². The number of carboxylic acid groups (broad SMARTS) is 1. The van der Waals surface area contributed by atoms with Crippen LogP contribution >= 0.6 is 0 Å². The third-order valence-electron chi connectivity index (χ3n) is 0.944. The number of carbonyl (C=O) groups excluding carboxylic acids is 1. The zero-order chi connectivity index (χ0) is 7.98. The molecule has 1 unspecified atom stereocenters. The zero-order valence-corrected chi connectivity index (χ0v) is 5.41. The van der Waals surface area contributed by atoms with Crippen LogP contribution in [0.4, 0.5) is 4.79 Å². The van der Waals surface area contributed by atoms with Crippen molar-refractivity contribution in [2.24, 2.45) is 0 Å². The van der Waals surface area contributed by atoms with Crippen molar-refractivity contribution in [3.63, 3.8) is 0 Å². The Labute approximate surface area is 58.5 Å². The highest BCUT2D eigenvalue weighted by Gasteiger charge is 2.04. The van der Waals surface area contributed by atoms with Crippen LogP contribution in [0.1, 0.15) is 6.42 Å². The predicted octanol–water partition coefficient (Wildman–Crippen LogP) is 0.398. The Morgan fingerprint density at radius 1 is 1.80 bits per heavy atom. The summed E-state index contributed by atoms with van der Waals surface area (Å²) in [5.41, 5.74) is 0. The topological polar surface area (TPSA) is 66.4 Å². The van der Waals surface area contributed by atoms with E-state index in [9.17, 15) is 9.59 Å². The summed E-state index contributed by atoms with van der Waals surface area (Å²) in [6.07, 6.45) is 1.01. The fraction of sp³-hybridized carbons (Fsp3) is 0.333. The smallest absolute Gasteiger partial charge is 0.405 e. The van der Waals surface area contributed by atoms with Gasteiger partial charge < -0.3 is 15.2 Å². The fourth-order valence-electron chi connectivity index (χ4n) is 0.476. The van der Waals surface area contributed by atoms with Crippen molar-refractivity contribution in [3.05, 3.63) is 12.7 Å². The molecule has 56 valence electrons. The number of hydrogen-bond acceptors (Lipinski definition) is 2. The van der Waals surface area contributed by atoms with E-state index in [4.69, 9.17) is 5.11 Å². The Balaban J connectivity index is 3.70. The van der Waals surface area contributed by atoms with Gasteiger partial charge in [-0.25, -0.2) is 4.79 Å². The summed E-state index contributed by atoms with van der Waals surface area (Å²) < 4.78 is 0. The largest absolute Gasteiger partial charge is 0.465 e. The lowest BCUT2D eigenvalue weighted by molar-refractivity contribution is -0.108. The minimum Gasteiger partial charge on any atom is -0.465 e. The second kappa shape index (κ2) is 4.55. The average Bonchev–Trinajstić information content (AvgIpc) is 1.86. The first-order chi connectivity index (χ1) is 4.70. The van der Waals surface area contributed by atoms with E-state index in [-0.39, 0.29) is 6.42 Å². The first-order valence-corrected chi connectivity index (χ1v) is 2.76. The molecule has 0 aliphatic rings. The van der Waals surface area contributed by atoms with E-state index in [1.807, 2.05) is 0 Å². The maximum Gasteiger partial charge on any atom is 0.405 e. The third-order valence-corrected chi connectivity index (χ3v) is 0.944. The molecule has 0 heterocycles. The lowest BCUT2D eigenvalue weighted by Crippen LogP contribution is -2.31. The van der Waals surface area contributed by atoms with E-state index in [0.29, 0.717) is 6.29 Å². The Morgan fingerprint density at radius 2 is 2.40 bits per heavy atom. The standard InChI is InChI=1S/C6H9NO3/c1-2-5(3-4-8)7-6(9)10/h2,4-5,7H,1,3H2,(H,9,10). The van der Waals surface area contributed by atoms with Crippen molar-refractivity contribution < 1.29 is 14.7 Å². The molecule has 0 saturated heterocycles. The van der Waals surface area contributed by atoms with Gasteiger partial charge in [-0.05, 0) is 0 Å². The molecule has 0 saturated carbocycles. The zero-order valence-electron chi connectivity index (χ0n) is 5.41. The van der Waals surface area contributed by atoms with E-state index in [1.54, 1.807) is 0 Å². The minimum absolute atomic E-state index is 0.135. The summed E-state index contributed by atoms with van der Waals surface area (Å²) in [6.45, 7) is 3.35. The molecule has 0 radical (unpaired) electrons. The number of carbonyl (C=O) groups is 2. The summed E-state index contributed by atoms with van der Waals surface area (Å²) in [4.78, 5) is 19.8. The van der Waals surface area contributed by atoms with Gasteiger partial charge in [0.2, 0.25) is 0 Å². The maximum absolute atomic E-state index is 9.97. The van der Waals surface area contributed by atoms with Gasteiger partial charge in [0.1, 0.15) is 6.29 Å². The van der Waals surface area contributed by atoms with Gasteiger partial charge in [-0.15, -0.1) is 6.58 Å².